The first kappa shape index (κ1) is 13.7. The molecule has 0 aliphatic rings. The summed E-state index contributed by atoms with van der Waals surface area (Å²) in [7, 11) is 0. The van der Waals surface area contributed by atoms with Gasteiger partial charge in [0.1, 0.15) is 0 Å². The predicted molar refractivity (Wildman–Crippen MR) is 69.2 cm³/mol. The van der Waals surface area contributed by atoms with E-state index in [0.717, 1.165) is 12.8 Å². The largest absolute Gasteiger partial charge is 0.481 e. The van der Waals surface area contributed by atoms with E-state index in [1.165, 1.54) is 11.1 Å². The van der Waals surface area contributed by atoms with Crippen molar-refractivity contribution in [1.82, 2.24) is 5.32 Å². The third-order valence-electron chi connectivity index (χ3n) is 2.87. The lowest BCUT2D eigenvalue weighted by Crippen LogP contribution is -2.32. The van der Waals surface area contributed by atoms with E-state index in [1.807, 2.05) is 0 Å². The van der Waals surface area contributed by atoms with E-state index in [2.05, 4.69) is 43.4 Å². The van der Waals surface area contributed by atoms with Gasteiger partial charge in [-0.1, -0.05) is 36.8 Å². The minimum Gasteiger partial charge on any atom is -0.481 e. The number of hydrogen-bond donors (Lipinski definition) is 2. The first-order chi connectivity index (χ1) is 8.11. The van der Waals surface area contributed by atoms with Gasteiger partial charge in [-0.2, -0.15) is 0 Å². The first-order valence-corrected chi connectivity index (χ1v) is 6.12. The number of rotatable bonds is 7. The van der Waals surface area contributed by atoms with E-state index in [4.69, 9.17) is 5.11 Å². The van der Waals surface area contributed by atoms with Gasteiger partial charge in [-0.15, -0.1) is 0 Å². The molecule has 0 aromatic heterocycles. The van der Waals surface area contributed by atoms with Crippen LogP contribution in [-0.2, 0) is 11.2 Å². The topological polar surface area (TPSA) is 49.3 Å². The second-order valence-electron chi connectivity index (χ2n) is 4.39. The van der Waals surface area contributed by atoms with Crippen molar-refractivity contribution in [2.24, 2.45) is 0 Å². The van der Waals surface area contributed by atoms with Crippen molar-refractivity contribution in [1.29, 1.82) is 0 Å². The Morgan fingerprint density at radius 2 is 2.00 bits per heavy atom. The molecule has 1 unspecified atom stereocenters. The Morgan fingerprint density at radius 3 is 2.53 bits per heavy atom. The lowest BCUT2D eigenvalue weighted by Gasteiger charge is -2.16. The predicted octanol–water partition coefficient (Wildman–Crippen LogP) is 2.38. The van der Waals surface area contributed by atoms with E-state index in [0.29, 0.717) is 12.6 Å². The highest BCUT2D eigenvalue weighted by molar-refractivity contribution is 5.66. The fraction of sp³-hybridized carbons (Fsp3) is 0.500. The van der Waals surface area contributed by atoms with Crippen molar-refractivity contribution in [3.05, 3.63) is 35.4 Å². The minimum atomic E-state index is -0.748. The molecule has 1 aromatic rings. The van der Waals surface area contributed by atoms with Gasteiger partial charge in [0.15, 0.2) is 0 Å². The average molecular weight is 235 g/mol. The molecule has 0 spiro atoms. The summed E-state index contributed by atoms with van der Waals surface area (Å²) in [5.41, 5.74) is 2.56. The van der Waals surface area contributed by atoms with Crippen LogP contribution in [0, 0.1) is 6.92 Å². The van der Waals surface area contributed by atoms with Crippen LogP contribution in [0.5, 0.6) is 0 Å². The zero-order chi connectivity index (χ0) is 12.7. The summed E-state index contributed by atoms with van der Waals surface area (Å²) in [6.07, 6.45) is 2.15. The van der Waals surface area contributed by atoms with E-state index >= 15 is 0 Å². The third kappa shape index (κ3) is 5.50. The molecule has 0 fully saturated rings. The number of nitrogens with one attached hydrogen (secondary N) is 1. The van der Waals surface area contributed by atoms with Crippen molar-refractivity contribution in [3.63, 3.8) is 0 Å². The van der Waals surface area contributed by atoms with Crippen LogP contribution >= 0.6 is 0 Å². The number of aliphatic carboxylic acids is 1. The molecule has 0 radical (unpaired) electrons. The summed E-state index contributed by atoms with van der Waals surface area (Å²) in [6, 6.07) is 8.85. The third-order valence-corrected chi connectivity index (χ3v) is 2.87. The van der Waals surface area contributed by atoms with Crippen LogP contribution in [0.2, 0.25) is 0 Å². The van der Waals surface area contributed by atoms with Gasteiger partial charge in [-0.3, -0.25) is 4.79 Å². The van der Waals surface area contributed by atoms with Gasteiger partial charge >= 0.3 is 5.97 Å². The van der Waals surface area contributed by atoms with Gasteiger partial charge in [0.2, 0.25) is 0 Å². The van der Waals surface area contributed by atoms with Gasteiger partial charge in [-0.05, 0) is 25.3 Å². The molecule has 1 aromatic carbocycles. The molecule has 3 heteroatoms. The molecular weight excluding hydrogens is 214 g/mol. The van der Waals surface area contributed by atoms with Gasteiger partial charge in [0.25, 0.3) is 0 Å². The lowest BCUT2D eigenvalue weighted by molar-refractivity contribution is -0.136. The van der Waals surface area contributed by atoms with Gasteiger partial charge in [0, 0.05) is 12.6 Å². The van der Waals surface area contributed by atoms with Crippen LogP contribution in [0.25, 0.3) is 0 Å². The average Bonchev–Trinajstić information content (AvgIpc) is 2.30. The summed E-state index contributed by atoms with van der Waals surface area (Å²) in [5, 5.41) is 11.9. The maximum absolute atomic E-state index is 10.4. The molecule has 3 nitrogen and oxygen atoms in total. The van der Waals surface area contributed by atoms with E-state index in [9.17, 15) is 4.79 Å². The summed E-state index contributed by atoms with van der Waals surface area (Å²) >= 11 is 0. The zero-order valence-corrected chi connectivity index (χ0v) is 10.6. The van der Waals surface area contributed by atoms with Gasteiger partial charge in [0.05, 0.1) is 6.42 Å². The molecular formula is C14H21NO2. The number of aryl methyl sites for hydroxylation is 1. The molecule has 0 heterocycles. The van der Waals surface area contributed by atoms with Crippen molar-refractivity contribution in [2.45, 2.75) is 39.2 Å². The van der Waals surface area contributed by atoms with Crippen LogP contribution in [0.4, 0.5) is 0 Å². The second-order valence-corrected chi connectivity index (χ2v) is 4.39. The molecule has 0 aliphatic heterocycles. The number of hydrogen-bond acceptors (Lipinski definition) is 2. The molecule has 0 bridgehead atoms. The maximum atomic E-state index is 10.4. The fourth-order valence-electron chi connectivity index (χ4n) is 1.75. The Labute approximate surface area is 103 Å². The normalized spacial score (nSPS) is 12.4. The van der Waals surface area contributed by atoms with Crippen molar-refractivity contribution in [2.75, 3.05) is 6.54 Å². The summed E-state index contributed by atoms with van der Waals surface area (Å²) in [5.74, 6) is -0.748. The standard InChI is InChI=1S/C14H21NO2/c1-3-13(15-9-8-14(16)17)10-12-6-4-11(2)5-7-12/h4-7,13,15H,3,8-10H2,1-2H3,(H,16,17). The first-order valence-electron chi connectivity index (χ1n) is 6.12. The highest BCUT2D eigenvalue weighted by Crippen LogP contribution is 2.07. The Balaban J connectivity index is 2.40. The number of carboxylic acids is 1. The van der Waals surface area contributed by atoms with Crippen molar-refractivity contribution >= 4 is 5.97 Å². The molecule has 2 N–H and O–H groups in total. The summed E-state index contributed by atoms with van der Waals surface area (Å²) < 4.78 is 0. The molecule has 0 aliphatic carbocycles. The summed E-state index contributed by atoms with van der Waals surface area (Å²) in [6.45, 7) is 4.73. The van der Waals surface area contributed by atoms with Crippen LogP contribution in [0.1, 0.15) is 30.9 Å². The van der Waals surface area contributed by atoms with Gasteiger partial charge < -0.3 is 10.4 Å². The molecule has 1 atom stereocenters. The smallest absolute Gasteiger partial charge is 0.304 e. The molecule has 0 saturated carbocycles. The maximum Gasteiger partial charge on any atom is 0.304 e. The Morgan fingerprint density at radius 1 is 1.35 bits per heavy atom. The van der Waals surface area contributed by atoms with Crippen LogP contribution in [0.3, 0.4) is 0 Å². The number of benzene rings is 1. The lowest BCUT2D eigenvalue weighted by atomic mass is 10.0. The monoisotopic (exact) mass is 235 g/mol. The van der Waals surface area contributed by atoms with Crippen LogP contribution < -0.4 is 5.32 Å². The second kappa shape index (κ2) is 7.07. The minimum absolute atomic E-state index is 0.185. The number of carbonyl (C=O) groups is 1. The Kier molecular flexibility index (Phi) is 5.70. The highest BCUT2D eigenvalue weighted by Gasteiger charge is 2.07. The summed E-state index contributed by atoms with van der Waals surface area (Å²) in [4.78, 5) is 10.4. The Bertz CT molecular complexity index is 346. The SMILES string of the molecule is CCC(Cc1ccc(C)cc1)NCCC(=O)O. The molecule has 0 amide bonds. The Hall–Kier alpha value is -1.35. The number of carboxylic acid groups (broad SMARTS) is 1. The van der Waals surface area contributed by atoms with Crippen molar-refractivity contribution < 1.29 is 9.90 Å². The zero-order valence-electron chi connectivity index (χ0n) is 10.6. The van der Waals surface area contributed by atoms with E-state index in [1.54, 1.807) is 0 Å². The molecule has 94 valence electrons. The van der Waals surface area contributed by atoms with Crippen LogP contribution in [0.15, 0.2) is 24.3 Å². The highest BCUT2D eigenvalue weighted by atomic mass is 16.4. The van der Waals surface area contributed by atoms with Crippen LogP contribution in [-0.4, -0.2) is 23.7 Å². The quantitative estimate of drug-likeness (QED) is 0.763. The van der Waals surface area contributed by atoms with Crippen molar-refractivity contribution in [3.8, 4) is 0 Å². The molecule has 17 heavy (non-hydrogen) atoms. The fourth-order valence-corrected chi connectivity index (χ4v) is 1.75. The van der Waals surface area contributed by atoms with E-state index < -0.39 is 5.97 Å². The van der Waals surface area contributed by atoms with E-state index in [-0.39, 0.29) is 6.42 Å². The molecule has 1 rings (SSSR count). The van der Waals surface area contributed by atoms with Gasteiger partial charge in [-0.25, -0.2) is 0 Å². The molecule has 0 saturated heterocycles.